The predicted octanol–water partition coefficient (Wildman–Crippen LogP) is 3.32. The van der Waals surface area contributed by atoms with Crippen LogP contribution in [-0.2, 0) is 6.61 Å². The standard InChI is InChI=1S/C14H13FN2O3/c1-9-7-16-13(10(2)14(9)17(18)19)8-20-12-5-3-4-11(15)6-12/h3-7H,8H2,1-2H3. The van der Waals surface area contributed by atoms with Crippen LogP contribution >= 0.6 is 0 Å². The molecule has 0 N–H and O–H groups in total. The van der Waals surface area contributed by atoms with Crippen LogP contribution in [0.3, 0.4) is 0 Å². The molecule has 2 rings (SSSR count). The van der Waals surface area contributed by atoms with Gasteiger partial charge >= 0.3 is 0 Å². The molecule has 2 aromatic rings. The van der Waals surface area contributed by atoms with Gasteiger partial charge in [-0.3, -0.25) is 15.1 Å². The SMILES string of the molecule is Cc1cnc(COc2cccc(F)c2)c(C)c1[N+](=O)[O-]. The summed E-state index contributed by atoms with van der Waals surface area (Å²) >= 11 is 0. The molecular formula is C14H13FN2O3. The molecule has 6 heteroatoms. The Balaban J connectivity index is 2.22. The Morgan fingerprint density at radius 1 is 1.40 bits per heavy atom. The van der Waals surface area contributed by atoms with Gasteiger partial charge in [0.25, 0.3) is 5.69 Å². The lowest BCUT2D eigenvalue weighted by Gasteiger charge is -2.09. The van der Waals surface area contributed by atoms with Gasteiger partial charge in [0, 0.05) is 17.8 Å². The zero-order valence-corrected chi connectivity index (χ0v) is 11.1. The van der Waals surface area contributed by atoms with Crippen LogP contribution in [-0.4, -0.2) is 9.91 Å². The fraction of sp³-hybridized carbons (Fsp3) is 0.214. The summed E-state index contributed by atoms with van der Waals surface area (Å²) < 4.78 is 18.4. The van der Waals surface area contributed by atoms with Gasteiger partial charge in [-0.1, -0.05) is 6.07 Å². The molecule has 1 aromatic carbocycles. The van der Waals surface area contributed by atoms with Crippen molar-refractivity contribution in [1.82, 2.24) is 4.98 Å². The van der Waals surface area contributed by atoms with Gasteiger partial charge in [0.2, 0.25) is 0 Å². The van der Waals surface area contributed by atoms with E-state index in [1.807, 2.05) is 0 Å². The van der Waals surface area contributed by atoms with Crippen molar-refractivity contribution in [3.63, 3.8) is 0 Å². The molecule has 0 unspecified atom stereocenters. The Morgan fingerprint density at radius 2 is 2.15 bits per heavy atom. The highest BCUT2D eigenvalue weighted by Crippen LogP contribution is 2.25. The van der Waals surface area contributed by atoms with E-state index < -0.39 is 10.7 Å². The van der Waals surface area contributed by atoms with Gasteiger partial charge in [0.05, 0.1) is 16.2 Å². The van der Waals surface area contributed by atoms with E-state index in [0.29, 0.717) is 22.6 Å². The molecule has 0 radical (unpaired) electrons. The van der Waals surface area contributed by atoms with Gasteiger partial charge < -0.3 is 4.74 Å². The summed E-state index contributed by atoms with van der Waals surface area (Å²) in [6.45, 7) is 3.31. The predicted molar refractivity (Wildman–Crippen MR) is 71.1 cm³/mol. The summed E-state index contributed by atoms with van der Waals surface area (Å²) in [5.41, 5.74) is 1.47. The van der Waals surface area contributed by atoms with Crippen molar-refractivity contribution in [2.24, 2.45) is 0 Å². The van der Waals surface area contributed by atoms with Crippen molar-refractivity contribution in [2.45, 2.75) is 20.5 Å². The van der Waals surface area contributed by atoms with Gasteiger partial charge in [0.1, 0.15) is 18.2 Å². The minimum atomic E-state index is -0.433. The second-order valence-electron chi connectivity index (χ2n) is 4.36. The van der Waals surface area contributed by atoms with Gasteiger partial charge in [-0.25, -0.2) is 4.39 Å². The van der Waals surface area contributed by atoms with E-state index in [9.17, 15) is 14.5 Å². The number of aromatic nitrogens is 1. The first-order chi connectivity index (χ1) is 9.49. The first-order valence-corrected chi connectivity index (χ1v) is 5.97. The van der Waals surface area contributed by atoms with Crippen molar-refractivity contribution in [3.05, 3.63) is 63.2 Å². The minimum Gasteiger partial charge on any atom is -0.487 e. The zero-order chi connectivity index (χ0) is 14.7. The molecule has 0 atom stereocenters. The molecule has 0 saturated heterocycles. The lowest BCUT2D eigenvalue weighted by molar-refractivity contribution is -0.386. The quantitative estimate of drug-likeness (QED) is 0.634. The first-order valence-electron chi connectivity index (χ1n) is 5.97. The summed E-state index contributed by atoms with van der Waals surface area (Å²) in [7, 11) is 0. The highest BCUT2D eigenvalue weighted by atomic mass is 19.1. The number of rotatable bonds is 4. The molecule has 0 spiro atoms. The molecule has 0 amide bonds. The molecule has 0 aliphatic heterocycles. The van der Waals surface area contributed by atoms with Crippen molar-refractivity contribution in [2.75, 3.05) is 0 Å². The van der Waals surface area contributed by atoms with E-state index in [0.717, 1.165) is 0 Å². The molecule has 0 bridgehead atoms. The number of hydrogen-bond donors (Lipinski definition) is 0. The van der Waals surface area contributed by atoms with Crippen LogP contribution in [0.2, 0.25) is 0 Å². The van der Waals surface area contributed by atoms with Gasteiger partial charge in [-0.15, -0.1) is 0 Å². The number of benzene rings is 1. The Bertz CT molecular complexity index is 659. The number of pyridine rings is 1. The molecule has 0 aliphatic carbocycles. The van der Waals surface area contributed by atoms with Crippen LogP contribution in [0, 0.1) is 29.8 Å². The van der Waals surface area contributed by atoms with Gasteiger partial charge in [-0.2, -0.15) is 0 Å². The molecule has 20 heavy (non-hydrogen) atoms. The monoisotopic (exact) mass is 276 g/mol. The van der Waals surface area contributed by atoms with Crippen LogP contribution in [0.4, 0.5) is 10.1 Å². The van der Waals surface area contributed by atoms with E-state index in [-0.39, 0.29) is 12.3 Å². The fourth-order valence-corrected chi connectivity index (χ4v) is 1.90. The molecule has 1 aromatic heterocycles. The van der Waals surface area contributed by atoms with E-state index in [1.54, 1.807) is 19.9 Å². The third kappa shape index (κ3) is 2.90. The molecule has 0 fully saturated rings. The third-order valence-corrected chi connectivity index (χ3v) is 2.93. The molecular weight excluding hydrogens is 263 g/mol. The largest absolute Gasteiger partial charge is 0.487 e. The number of ether oxygens (including phenoxy) is 1. The number of nitro groups is 1. The molecule has 1 heterocycles. The topological polar surface area (TPSA) is 65.3 Å². The fourth-order valence-electron chi connectivity index (χ4n) is 1.90. The van der Waals surface area contributed by atoms with Crippen LogP contribution in [0.15, 0.2) is 30.5 Å². The van der Waals surface area contributed by atoms with E-state index in [1.165, 1.54) is 24.4 Å². The third-order valence-electron chi connectivity index (χ3n) is 2.93. The summed E-state index contributed by atoms with van der Waals surface area (Å²) in [6.07, 6.45) is 1.44. The maximum absolute atomic E-state index is 13.0. The van der Waals surface area contributed by atoms with Crippen molar-refractivity contribution in [3.8, 4) is 5.75 Å². The summed E-state index contributed by atoms with van der Waals surface area (Å²) in [4.78, 5) is 14.7. The Hall–Kier alpha value is -2.50. The van der Waals surface area contributed by atoms with Crippen LogP contribution in [0.1, 0.15) is 16.8 Å². The number of hydrogen-bond acceptors (Lipinski definition) is 4. The van der Waals surface area contributed by atoms with Crippen LogP contribution < -0.4 is 4.74 Å². The van der Waals surface area contributed by atoms with Gasteiger partial charge in [0.15, 0.2) is 0 Å². The lowest BCUT2D eigenvalue weighted by atomic mass is 10.1. The lowest BCUT2D eigenvalue weighted by Crippen LogP contribution is -2.05. The van der Waals surface area contributed by atoms with Gasteiger partial charge in [-0.05, 0) is 26.0 Å². The van der Waals surface area contributed by atoms with Crippen LogP contribution in [0.25, 0.3) is 0 Å². The van der Waals surface area contributed by atoms with Crippen molar-refractivity contribution >= 4 is 5.69 Å². The highest BCUT2D eigenvalue weighted by Gasteiger charge is 2.18. The summed E-state index contributed by atoms with van der Waals surface area (Å²) in [6, 6.07) is 5.70. The average molecular weight is 276 g/mol. The Labute approximate surface area is 115 Å². The summed E-state index contributed by atoms with van der Waals surface area (Å²) in [5.74, 6) is -0.0449. The summed E-state index contributed by atoms with van der Waals surface area (Å²) in [5, 5.41) is 11.0. The van der Waals surface area contributed by atoms with E-state index in [2.05, 4.69) is 4.98 Å². The van der Waals surface area contributed by atoms with E-state index >= 15 is 0 Å². The maximum atomic E-state index is 13.0. The molecule has 0 saturated carbocycles. The van der Waals surface area contributed by atoms with Crippen molar-refractivity contribution < 1.29 is 14.1 Å². The number of nitrogens with zero attached hydrogens (tertiary/aromatic N) is 2. The zero-order valence-electron chi connectivity index (χ0n) is 11.1. The smallest absolute Gasteiger partial charge is 0.278 e. The first kappa shape index (κ1) is 13.9. The second-order valence-corrected chi connectivity index (χ2v) is 4.36. The molecule has 104 valence electrons. The normalized spacial score (nSPS) is 10.3. The number of aryl methyl sites for hydroxylation is 1. The molecule has 0 aliphatic rings. The van der Waals surface area contributed by atoms with Crippen LogP contribution in [0.5, 0.6) is 5.75 Å². The highest BCUT2D eigenvalue weighted by molar-refractivity contribution is 5.47. The van der Waals surface area contributed by atoms with Crippen molar-refractivity contribution in [1.29, 1.82) is 0 Å². The Morgan fingerprint density at radius 3 is 2.80 bits per heavy atom. The minimum absolute atomic E-state index is 0.0397. The average Bonchev–Trinajstić information content (AvgIpc) is 2.37. The second kappa shape index (κ2) is 5.64. The number of halogens is 1. The van der Waals surface area contributed by atoms with E-state index in [4.69, 9.17) is 4.74 Å². The maximum Gasteiger partial charge on any atom is 0.278 e. The Kier molecular flexibility index (Phi) is 3.93. The molecule has 5 nitrogen and oxygen atoms in total.